The SMILES string of the molecule is Cc1nc(N(CCN2CCOCC2)c2nncs2)sc1-c1ccc(S(N)(=O)=O)cc1. The Bertz CT molecular complexity index is 1080. The van der Waals surface area contributed by atoms with Crippen LogP contribution < -0.4 is 10.0 Å². The van der Waals surface area contributed by atoms with E-state index < -0.39 is 10.0 Å². The van der Waals surface area contributed by atoms with E-state index in [0.717, 1.165) is 65.8 Å². The maximum Gasteiger partial charge on any atom is 0.238 e. The van der Waals surface area contributed by atoms with Gasteiger partial charge in [-0.05, 0) is 24.6 Å². The smallest absolute Gasteiger partial charge is 0.238 e. The van der Waals surface area contributed by atoms with Crippen molar-refractivity contribution in [1.82, 2.24) is 20.1 Å². The fourth-order valence-electron chi connectivity index (χ4n) is 3.19. The molecule has 30 heavy (non-hydrogen) atoms. The van der Waals surface area contributed by atoms with Crippen LogP contribution in [0.5, 0.6) is 0 Å². The van der Waals surface area contributed by atoms with Gasteiger partial charge in [-0.2, -0.15) is 0 Å². The second-order valence-corrected chi connectivity index (χ2v) is 10.2. The molecule has 0 radical (unpaired) electrons. The van der Waals surface area contributed by atoms with Crippen LogP contribution in [0.25, 0.3) is 10.4 Å². The molecule has 0 unspecified atom stereocenters. The van der Waals surface area contributed by atoms with E-state index in [-0.39, 0.29) is 4.90 Å². The lowest BCUT2D eigenvalue weighted by molar-refractivity contribution is 0.0394. The zero-order valence-corrected chi connectivity index (χ0v) is 18.8. The quantitative estimate of drug-likeness (QED) is 0.563. The largest absolute Gasteiger partial charge is 0.379 e. The predicted molar refractivity (Wildman–Crippen MR) is 118 cm³/mol. The third-order valence-electron chi connectivity index (χ3n) is 4.78. The fourth-order valence-corrected chi connectivity index (χ4v) is 5.45. The summed E-state index contributed by atoms with van der Waals surface area (Å²) in [7, 11) is -3.72. The molecule has 1 fully saturated rings. The van der Waals surface area contributed by atoms with Crippen molar-refractivity contribution in [2.24, 2.45) is 5.14 Å². The molecule has 0 aliphatic carbocycles. The number of aromatic nitrogens is 3. The van der Waals surface area contributed by atoms with E-state index >= 15 is 0 Å². The third kappa shape index (κ3) is 4.85. The fraction of sp³-hybridized carbons (Fsp3) is 0.389. The van der Waals surface area contributed by atoms with Crippen LogP contribution in [-0.2, 0) is 14.8 Å². The molecule has 0 bridgehead atoms. The van der Waals surface area contributed by atoms with E-state index in [1.54, 1.807) is 29.0 Å². The van der Waals surface area contributed by atoms with Gasteiger partial charge in [0.2, 0.25) is 15.2 Å². The van der Waals surface area contributed by atoms with Crippen molar-refractivity contribution in [3.8, 4) is 10.4 Å². The zero-order chi connectivity index (χ0) is 21.1. The normalized spacial score (nSPS) is 15.4. The van der Waals surface area contributed by atoms with Crippen molar-refractivity contribution in [2.75, 3.05) is 44.3 Å². The van der Waals surface area contributed by atoms with E-state index in [4.69, 9.17) is 14.9 Å². The summed E-state index contributed by atoms with van der Waals surface area (Å²) in [5.41, 5.74) is 3.48. The molecular weight excluding hydrogens is 444 g/mol. The van der Waals surface area contributed by atoms with Crippen LogP contribution in [0.15, 0.2) is 34.7 Å². The predicted octanol–water partition coefficient (Wildman–Crippen LogP) is 2.09. The lowest BCUT2D eigenvalue weighted by Crippen LogP contribution is -2.40. The Hall–Kier alpha value is -1.96. The molecule has 12 heteroatoms. The molecule has 160 valence electrons. The van der Waals surface area contributed by atoms with Crippen LogP contribution in [0.2, 0.25) is 0 Å². The number of nitrogens with zero attached hydrogens (tertiary/aromatic N) is 5. The van der Waals surface area contributed by atoms with Gasteiger partial charge in [0.15, 0.2) is 5.13 Å². The third-order valence-corrected chi connectivity index (χ3v) is 7.66. The van der Waals surface area contributed by atoms with Gasteiger partial charge in [-0.15, -0.1) is 10.2 Å². The van der Waals surface area contributed by atoms with Gasteiger partial charge in [0, 0.05) is 26.2 Å². The van der Waals surface area contributed by atoms with Crippen LogP contribution in [-0.4, -0.2) is 67.9 Å². The van der Waals surface area contributed by atoms with Crippen LogP contribution >= 0.6 is 22.7 Å². The van der Waals surface area contributed by atoms with E-state index in [2.05, 4.69) is 20.0 Å². The zero-order valence-electron chi connectivity index (χ0n) is 16.4. The van der Waals surface area contributed by atoms with Gasteiger partial charge in [-0.25, -0.2) is 18.5 Å². The number of morpholine rings is 1. The molecule has 0 saturated carbocycles. The highest BCUT2D eigenvalue weighted by Crippen LogP contribution is 2.37. The maximum absolute atomic E-state index is 11.5. The van der Waals surface area contributed by atoms with Gasteiger partial charge >= 0.3 is 0 Å². The first-order valence-electron chi connectivity index (χ1n) is 9.36. The number of nitrogens with two attached hydrogens (primary N) is 1. The summed E-state index contributed by atoms with van der Waals surface area (Å²) >= 11 is 3.02. The Labute approximate surface area is 183 Å². The molecule has 0 amide bonds. The Morgan fingerprint density at radius 1 is 1.20 bits per heavy atom. The summed E-state index contributed by atoms with van der Waals surface area (Å²) < 4.78 is 28.5. The number of sulfonamides is 1. The summed E-state index contributed by atoms with van der Waals surface area (Å²) in [6.45, 7) is 6.92. The molecule has 2 aromatic heterocycles. The van der Waals surface area contributed by atoms with E-state index in [1.165, 1.54) is 23.5 Å². The van der Waals surface area contributed by atoms with Gasteiger partial charge in [-0.1, -0.05) is 34.8 Å². The Kier molecular flexibility index (Phi) is 6.41. The molecule has 3 aromatic rings. The average molecular weight is 467 g/mol. The van der Waals surface area contributed by atoms with Crippen molar-refractivity contribution >= 4 is 43.0 Å². The summed E-state index contributed by atoms with van der Waals surface area (Å²) in [6.07, 6.45) is 0. The number of rotatable bonds is 7. The number of hydrogen-bond acceptors (Lipinski definition) is 10. The Balaban J connectivity index is 1.59. The molecule has 0 spiro atoms. The van der Waals surface area contributed by atoms with E-state index in [0.29, 0.717) is 0 Å². The second-order valence-electron chi connectivity index (χ2n) is 6.81. The number of ether oxygens (including phenoxy) is 1. The molecule has 9 nitrogen and oxygen atoms in total. The van der Waals surface area contributed by atoms with Crippen molar-refractivity contribution < 1.29 is 13.2 Å². The first-order chi connectivity index (χ1) is 14.4. The number of benzene rings is 1. The topological polar surface area (TPSA) is 115 Å². The first kappa shape index (κ1) is 21.3. The van der Waals surface area contributed by atoms with Crippen molar-refractivity contribution in [2.45, 2.75) is 11.8 Å². The Morgan fingerprint density at radius 2 is 1.93 bits per heavy atom. The summed E-state index contributed by atoms with van der Waals surface area (Å²) in [6, 6.07) is 6.55. The lowest BCUT2D eigenvalue weighted by Gasteiger charge is -2.28. The number of thiazole rings is 1. The average Bonchev–Trinajstić information content (AvgIpc) is 3.39. The van der Waals surface area contributed by atoms with Crippen molar-refractivity contribution in [3.05, 3.63) is 35.5 Å². The molecule has 4 rings (SSSR count). The monoisotopic (exact) mass is 466 g/mol. The first-order valence-corrected chi connectivity index (χ1v) is 12.6. The van der Waals surface area contributed by atoms with Crippen molar-refractivity contribution in [3.63, 3.8) is 0 Å². The number of hydrogen-bond donors (Lipinski definition) is 1. The van der Waals surface area contributed by atoms with Crippen LogP contribution in [0.4, 0.5) is 10.3 Å². The highest BCUT2D eigenvalue weighted by Gasteiger charge is 2.21. The van der Waals surface area contributed by atoms with Crippen LogP contribution in [0, 0.1) is 6.92 Å². The van der Waals surface area contributed by atoms with E-state index in [1.807, 2.05) is 6.92 Å². The maximum atomic E-state index is 11.5. The van der Waals surface area contributed by atoms with Gasteiger partial charge < -0.3 is 4.74 Å². The molecule has 3 heterocycles. The number of anilines is 2. The minimum absolute atomic E-state index is 0.0923. The van der Waals surface area contributed by atoms with Gasteiger partial charge in [0.05, 0.1) is 28.7 Å². The van der Waals surface area contributed by atoms with Gasteiger partial charge in [0.1, 0.15) is 5.51 Å². The number of aryl methyl sites for hydroxylation is 1. The standard InChI is InChI=1S/C18H22N6O3S3/c1-13-16(14-2-4-15(5-3-14)30(19,25)26)29-17(21-13)24(18-22-20-12-28-18)7-6-23-8-10-27-11-9-23/h2-5,12H,6-11H2,1H3,(H2,19,25,26). The van der Waals surface area contributed by atoms with E-state index in [9.17, 15) is 8.42 Å². The van der Waals surface area contributed by atoms with Crippen molar-refractivity contribution in [1.29, 1.82) is 0 Å². The minimum atomic E-state index is -3.72. The van der Waals surface area contributed by atoms with Crippen LogP contribution in [0.1, 0.15) is 5.69 Å². The second kappa shape index (κ2) is 9.04. The molecule has 1 aliphatic rings. The summed E-state index contributed by atoms with van der Waals surface area (Å²) in [5, 5.41) is 15.1. The molecular formula is C18H22N6O3S3. The highest BCUT2D eigenvalue weighted by molar-refractivity contribution is 7.89. The molecule has 0 atom stereocenters. The number of primary sulfonamides is 1. The van der Waals surface area contributed by atoms with Gasteiger partial charge in [0.25, 0.3) is 0 Å². The Morgan fingerprint density at radius 3 is 2.57 bits per heavy atom. The minimum Gasteiger partial charge on any atom is -0.379 e. The highest BCUT2D eigenvalue weighted by atomic mass is 32.2. The van der Waals surface area contributed by atoms with Gasteiger partial charge in [-0.3, -0.25) is 9.80 Å². The molecule has 1 aromatic carbocycles. The molecule has 1 saturated heterocycles. The summed E-state index contributed by atoms with van der Waals surface area (Å²) in [5.74, 6) is 0. The van der Waals surface area contributed by atoms with Crippen LogP contribution in [0.3, 0.4) is 0 Å². The molecule has 1 aliphatic heterocycles. The lowest BCUT2D eigenvalue weighted by atomic mass is 10.2. The summed E-state index contributed by atoms with van der Waals surface area (Å²) in [4.78, 5) is 10.3. The molecule has 2 N–H and O–H groups in total.